The molecule has 0 saturated carbocycles. The van der Waals surface area contributed by atoms with Gasteiger partial charge in [-0.2, -0.15) is 0 Å². The van der Waals surface area contributed by atoms with Crippen molar-refractivity contribution in [2.24, 2.45) is 0 Å². The van der Waals surface area contributed by atoms with Crippen molar-refractivity contribution in [3.8, 4) is 17.0 Å². The minimum Gasteiger partial charge on any atom is -0.497 e. The molecule has 2 aromatic carbocycles. The first kappa shape index (κ1) is 16.0. The molecular weight excluding hydrogens is 330 g/mol. The van der Waals surface area contributed by atoms with Crippen LogP contribution in [-0.2, 0) is 0 Å². The molecule has 5 heteroatoms. The Morgan fingerprint density at radius 3 is 2.52 bits per heavy atom. The highest BCUT2D eigenvalue weighted by molar-refractivity contribution is 7.23. The Hall–Kier alpha value is -2.53. The lowest BCUT2D eigenvalue weighted by Gasteiger charge is -2.20. The van der Waals surface area contributed by atoms with Crippen molar-refractivity contribution < 1.29 is 4.74 Å². The molecule has 4 nitrogen and oxygen atoms in total. The van der Waals surface area contributed by atoms with Gasteiger partial charge < -0.3 is 9.64 Å². The number of imidazole rings is 1. The number of fused-ring (bicyclic) bond motifs is 3. The molecule has 0 aliphatic heterocycles. The zero-order valence-corrected chi connectivity index (χ0v) is 15.5. The molecule has 0 bridgehead atoms. The number of methoxy groups -OCH3 is 1. The van der Waals surface area contributed by atoms with Crippen LogP contribution < -0.4 is 9.64 Å². The fourth-order valence-corrected chi connectivity index (χ4v) is 4.16. The second-order valence-electron chi connectivity index (χ2n) is 5.93. The average Bonchev–Trinajstić information content (AvgIpc) is 3.21. The van der Waals surface area contributed by atoms with Gasteiger partial charge in [-0.25, -0.2) is 4.98 Å². The van der Waals surface area contributed by atoms with Crippen LogP contribution in [0.2, 0.25) is 0 Å². The summed E-state index contributed by atoms with van der Waals surface area (Å²) >= 11 is 1.70. The lowest BCUT2D eigenvalue weighted by Crippen LogP contribution is -2.21. The average molecular weight is 351 g/mol. The van der Waals surface area contributed by atoms with Gasteiger partial charge in [0.25, 0.3) is 0 Å². The van der Waals surface area contributed by atoms with Crippen LogP contribution in [0.15, 0.2) is 48.7 Å². The largest absolute Gasteiger partial charge is 0.497 e. The third kappa shape index (κ3) is 2.74. The first-order chi connectivity index (χ1) is 12.2. The van der Waals surface area contributed by atoms with Crippen LogP contribution in [-0.4, -0.2) is 29.6 Å². The molecular formula is C20H21N3OS. The number of benzene rings is 2. The summed E-state index contributed by atoms with van der Waals surface area (Å²) in [4.78, 5) is 8.17. The molecule has 0 aliphatic carbocycles. The number of thiazole rings is 1. The second kappa shape index (κ2) is 6.41. The van der Waals surface area contributed by atoms with Gasteiger partial charge >= 0.3 is 0 Å². The van der Waals surface area contributed by atoms with E-state index in [1.165, 1.54) is 10.4 Å². The maximum absolute atomic E-state index is 5.36. The predicted molar refractivity (Wildman–Crippen MR) is 106 cm³/mol. The van der Waals surface area contributed by atoms with Crippen LogP contribution in [0.3, 0.4) is 0 Å². The number of anilines is 1. The van der Waals surface area contributed by atoms with Crippen molar-refractivity contribution in [2.45, 2.75) is 13.8 Å². The Labute approximate surface area is 151 Å². The third-order valence-corrected chi connectivity index (χ3v) is 5.63. The molecule has 2 heterocycles. The summed E-state index contributed by atoms with van der Waals surface area (Å²) in [6, 6.07) is 14.8. The summed E-state index contributed by atoms with van der Waals surface area (Å²) in [5.74, 6) is 0.867. The van der Waals surface area contributed by atoms with Gasteiger partial charge in [-0.05, 0) is 38.1 Å². The van der Waals surface area contributed by atoms with Gasteiger partial charge in [0.2, 0.25) is 0 Å². The Balaban J connectivity index is 1.74. The molecule has 128 valence electrons. The van der Waals surface area contributed by atoms with Crippen LogP contribution in [0.25, 0.3) is 26.4 Å². The van der Waals surface area contributed by atoms with Crippen molar-refractivity contribution in [1.82, 2.24) is 9.38 Å². The first-order valence-electron chi connectivity index (χ1n) is 8.54. The number of rotatable bonds is 5. The molecule has 4 aromatic rings. The predicted octanol–water partition coefficient (Wildman–Crippen LogP) is 5.07. The van der Waals surface area contributed by atoms with Gasteiger partial charge in [-0.1, -0.05) is 23.5 Å². The number of hydrogen-bond acceptors (Lipinski definition) is 4. The van der Waals surface area contributed by atoms with Crippen molar-refractivity contribution in [3.05, 3.63) is 48.7 Å². The topological polar surface area (TPSA) is 29.8 Å². The summed E-state index contributed by atoms with van der Waals surface area (Å²) in [7, 11) is 1.70. The molecule has 0 atom stereocenters. The molecule has 0 N–H and O–H groups in total. The minimum absolute atomic E-state index is 0.867. The van der Waals surface area contributed by atoms with Crippen molar-refractivity contribution >= 4 is 32.2 Å². The molecule has 0 unspecified atom stereocenters. The Bertz CT molecular complexity index is 1010. The molecule has 0 radical (unpaired) electrons. The summed E-state index contributed by atoms with van der Waals surface area (Å²) in [6.45, 7) is 6.40. The second-order valence-corrected chi connectivity index (χ2v) is 6.94. The monoisotopic (exact) mass is 351 g/mol. The van der Waals surface area contributed by atoms with Gasteiger partial charge in [-0.15, -0.1) is 0 Å². The van der Waals surface area contributed by atoms with Gasteiger partial charge in [0.15, 0.2) is 4.96 Å². The van der Waals surface area contributed by atoms with E-state index in [0.717, 1.165) is 40.6 Å². The van der Waals surface area contributed by atoms with E-state index in [1.54, 1.807) is 18.4 Å². The number of ether oxygens (including phenoxy) is 1. The zero-order valence-electron chi connectivity index (χ0n) is 14.7. The van der Waals surface area contributed by atoms with E-state index in [-0.39, 0.29) is 0 Å². The van der Waals surface area contributed by atoms with Crippen molar-refractivity contribution in [3.63, 3.8) is 0 Å². The van der Waals surface area contributed by atoms with E-state index in [9.17, 15) is 0 Å². The van der Waals surface area contributed by atoms with Crippen molar-refractivity contribution in [2.75, 3.05) is 25.1 Å². The fourth-order valence-electron chi connectivity index (χ4n) is 3.18. The molecule has 25 heavy (non-hydrogen) atoms. The third-order valence-electron chi connectivity index (χ3n) is 4.59. The Morgan fingerprint density at radius 1 is 1.08 bits per heavy atom. The van der Waals surface area contributed by atoms with Gasteiger partial charge in [0, 0.05) is 36.6 Å². The summed E-state index contributed by atoms with van der Waals surface area (Å²) < 4.78 is 8.72. The molecule has 4 rings (SSSR count). The lowest BCUT2D eigenvalue weighted by molar-refractivity contribution is 0.415. The van der Waals surface area contributed by atoms with E-state index in [4.69, 9.17) is 9.72 Å². The van der Waals surface area contributed by atoms with Crippen molar-refractivity contribution in [1.29, 1.82) is 0 Å². The van der Waals surface area contributed by atoms with Crippen LogP contribution in [0.5, 0.6) is 5.75 Å². The fraction of sp³-hybridized carbons (Fsp3) is 0.250. The van der Waals surface area contributed by atoms with E-state index < -0.39 is 0 Å². The number of hydrogen-bond donors (Lipinski definition) is 0. The highest BCUT2D eigenvalue weighted by atomic mass is 32.1. The van der Waals surface area contributed by atoms with E-state index in [1.807, 2.05) is 6.07 Å². The molecule has 0 fully saturated rings. The molecule has 0 saturated heterocycles. The maximum atomic E-state index is 5.36. The van der Waals surface area contributed by atoms with Gasteiger partial charge in [0.1, 0.15) is 5.75 Å². The molecule has 0 aliphatic rings. The highest BCUT2D eigenvalue weighted by Gasteiger charge is 2.11. The number of aromatic nitrogens is 2. The normalized spacial score (nSPS) is 11.3. The molecule has 0 amide bonds. The summed E-state index contributed by atoms with van der Waals surface area (Å²) in [5.41, 5.74) is 4.53. The molecule has 0 spiro atoms. The quantitative estimate of drug-likeness (QED) is 0.503. The first-order valence-corrected chi connectivity index (χ1v) is 9.36. The van der Waals surface area contributed by atoms with Crippen LogP contribution in [0.4, 0.5) is 5.69 Å². The highest BCUT2D eigenvalue weighted by Crippen LogP contribution is 2.32. The minimum atomic E-state index is 0.867. The van der Waals surface area contributed by atoms with Crippen LogP contribution in [0.1, 0.15) is 13.8 Å². The van der Waals surface area contributed by atoms with Gasteiger partial charge in [0.05, 0.1) is 23.0 Å². The van der Waals surface area contributed by atoms with Gasteiger partial charge in [-0.3, -0.25) is 4.40 Å². The summed E-state index contributed by atoms with van der Waals surface area (Å²) in [5, 5.41) is 0. The van der Waals surface area contributed by atoms with Crippen LogP contribution >= 0.6 is 11.3 Å². The van der Waals surface area contributed by atoms with E-state index in [2.05, 4.69) is 65.7 Å². The van der Waals surface area contributed by atoms with E-state index >= 15 is 0 Å². The smallest absolute Gasteiger partial charge is 0.195 e. The standard InChI is InChI=1S/C20H21N3OS/c1-4-22(5-2)15-8-6-14(7-9-15)17-13-23-18-12-16(24-3)10-11-19(18)25-20(23)21-17/h6-13H,4-5H2,1-3H3. The van der Waals surface area contributed by atoms with E-state index in [0.29, 0.717) is 0 Å². The molecule has 2 aromatic heterocycles. The maximum Gasteiger partial charge on any atom is 0.195 e. The Morgan fingerprint density at radius 2 is 1.84 bits per heavy atom. The SMILES string of the molecule is CCN(CC)c1ccc(-c2cn3c(n2)sc2ccc(OC)cc23)cc1. The zero-order chi connectivity index (χ0) is 17.4. The summed E-state index contributed by atoms with van der Waals surface area (Å²) in [6.07, 6.45) is 2.11. The lowest BCUT2D eigenvalue weighted by atomic mass is 10.1. The number of nitrogens with zero attached hydrogens (tertiary/aromatic N) is 3. The van der Waals surface area contributed by atoms with Crippen LogP contribution in [0, 0.1) is 0 Å². The Kier molecular flexibility index (Phi) is 4.09.